The molecule has 2 aliphatic heterocycles. The van der Waals surface area contributed by atoms with Gasteiger partial charge in [-0.1, -0.05) is 21.6 Å². The van der Waals surface area contributed by atoms with Crippen LogP contribution in [0.25, 0.3) is 0 Å². The topological polar surface area (TPSA) is 275 Å². The molecule has 0 spiro atoms. The fourth-order valence-electron chi connectivity index (χ4n) is 5.51. The van der Waals surface area contributed by atoms with Crippen LogP contribution in [0.3, 0.4) is 0 Å². The van der Waals surface area contributed by atoms with Gasteiger partial charge in [0.2, 0.25) is 0 Å². The summed E-state index contributed by atoms with van der Waals surface area (Å²) in [7, 11) is 3.50. The van der Waals surface area contributed by atoms with Crippen molar-refractivity contribution in [3.8, 4) is 0 Å². The molecular formula is C46H80N2O24S2. The Labute approximate surface area is 441 Å². The Morgan fingerprint density at radius 3 is 0.622 bits per heavy atom. The predicted octanol–water partition coefficient (Wildman–Crippen LogP) is 0.628. The highest BCUT2D eigenvalue weighted by Gasteiger charge is 2.33. The molecule has 0 aromatic heterocycles. The van der Waals surface area contributed by atoms with Gasteiger partial charge in [0.15, 0.2) is 0 Å². The first-order chi connectivity index (χ1) is 36.4. The SMILES string of the molecule is O=C(CCOCCOCCOCCOCCOCCOCCOCCOCCSSCCOCCOCCOCCOCCOCCOCCOCCOCCC(=O)ON1C(=O)CCC1=O)ON1C(=O)CCC1=O. The van der Waals surface area contributed by atoms with Crippen LogP contribution >= 0.6 is 21.6 Å². The molecule has 0 radical (unpaired) electrons. The predicted molar refractivity (Wildman–Crippen MR) is 262 cm³/mol. The Bertz CT molecular complexity index is 1290. The second-order valence-corrected chi connectivity index (χ2v) is 17.7. The number of rotatable bonds is 57. The van der Waals surface area contributed by atoms with Gasteiger partial charge in [0, 0.05) is 37.2 Å². The molecule has 2 saturated heterocycles. The van der Waals surface area contributed by atoms with Gasteiger partial charge in [-0.2, -0.15) is 0 Å². The molecule has 430 valence electrons. The highest BCUT2D eigenvalue weighted by Crippen LogP contribution is 2.20. The van der Waals surface area contributed by atoms with Crippen molar-refractivity contribution in [2.45, 2.75) is 38.5 Å². The van der Waals surface area contributed by atoms with E-state index in [1.807, 2.05) is 0 Å². The van der Waals surface area contributed by atoms with Gasteiger partial charge in [0.1, 0.15) is 0 Å². The summed E-state index contributed by atoms with van der Waals surface area (Å²) < 4.78 is 87.5. The summed E-state index contributed by atoms with van der Waals surface area (Å²) in [5, 5.41) is 1.03. The van der Waals surface area contributed by atoms with Gasteiger partial charge in [-0.15, -0.1) is 10.1 Å². The molecule has 2 rings (SSSR count). The Balaban J connectivity index is 1.11. The van der Waals surface area contributed by atoms with Gasteiger partial charge in [-0.3, -0.25) is 19.2 Å². The zero-order valence-electron chi connectivity index (χ0n) is 42.8. The summed E-state index contributed by atoms with van der Waals surface area (Å²) in [6.07, 6.45) is 0.0468. The van der Waals surface area contributed by atoms with Crippen LogP contribution in [0, 0.1) is 0 Å². The number of carbonyl (C=O) groups is 6. The monoisotopic (exact) mass is 1110 g/mol. The Morgan fingerprint density at radius 1 is 0.270 bits per heavy atom. The lowest BCUT2D eigenvalue weighted by Gasteiger charge is -2.12. The quantitative estimate of drug-likeness (QED) is 0.0459. The van der Waals surface area contributed by atoms with Crippen LogP contribution in [0.2, 0.25) is 0 Å². The molecule has 0 unspecified atom stereocenters. The van der Waals surface area contributed by atoms with E-state index in [2.05, 4.69) is 0 Å². The minimum atomic E-state index is -0.705. The van der Waals surface area contributed by atoms with Crippen molar-refractivity contribution in [2.24, 2.45) is 0 Å². The minimum absolute atomic E-state index is 0.0524. The Morgan fingerprint density at radius 2 is 0.432 bits per heavy atom. The molecule has 2 aliphatic rings. The third-order valence-corrected chi connectivity index (χ3v) is 11.5. The van der Waals surface area contributed by atoms with E-state index >= 15 is 0 Å². The van der Waals surface area contributed by atoms with Crippen LogP contribution in [0.4, 0.5) is 0 Å². The lowest BCUT2D eigenvalue weighted by Crippen LogP contribution is -2.32. The number of nitrogens with zero attached hydrogens (tertiary/aromatic N) is 2. The fraction of sp³-hybridized carbons (Fsp3) is 0.870. The lowest BCUT2D eigenvalue weighted by atomic mass is 10.4. The molecule has 0 N–H and O–H groups in total. The first kappa shape index (κ1) is 67.4. The van der Waals surface area contributed by atoms with E-state index in [0.717, 1.165) is 11.5 Å². The van der Waals surface area contributed by atoms with Gasteiger partial charge < -0.3 is 85.5 Å². The number of hydrogen-bond acceptors (Lipinski definition) is 26. The standard InChI is InChI=1S/C46H80N2O24S2/c49-41-1-2-42(50)47(41)71-45(53)5-7-55-9-11-57-13-15-59-17-19-61-21-23-63-25-27-65-29-31-67-33-35-69-37-39-73-74-40-38-70-36-34-68-32-30-66-28-26-64-24-22-62-20-18-60-16-14-58-12-10-56-8-6-46(54)72-48-43(51)3-4-44(48)52/h1-40H2. The molecule has 0 bridgehead atoms. The molecule has 0 aromatic rings. The third kappa shape index (κ3) is 41.4. The van der Waals surface area contributed by atoms with E-state index in [0.29, 0.717) is 195 Å². The minimum Gasteiger partial charge on any atom is -0.378 e. The first-order valence-corrected chi connectivity index (χ1v) is 27.5. The maximum atomic E-state index is 11.7. The molecule has 28 heteroatoms. The van der Waals surface area contributed by atoms with E-state index in [4.69, 9.17) is 85.5 Å². The average molecular weight is 1110 g/mol. The first-order valence-electron chi connectivity index (χ1n) is 25.0. The average Bonchev–Trinajstić information content (AvgIpc) is 3.88. The van der Waals surface area contributed by atoms with E-state index < -0.39 is 35.6 Å². The summed E-state index contributed by atoms with van der Waals surface area (Å²) >= 11 is 0. The van der Waals surface area contributed by atoms with E-state index in [-0.39, 0.29) is 65.0 Å². The van der Waals surface area contributed by atoms with Crippen molar-refractivity contribution in [1.82, 2.24) is 10.1 Å². The molecule has 0 aromatic carbocycles. The highest BCUT2D eigenvalue weighted by molar-refractivity contribution is 8.76. The van der Waals surface area contributed by atoms with Gasteiger partial charge >= 0.3 is 11.9 Å². The molecule has 2 fully saturated rings. The number of carbonyl (C=O) groups excluding carboxylic acids is 6. The van der Waals surface area contributed by atoms with Crippen molar-refractivity contribution < 1.29 is 114 Å². The number of hydrogen-bond donors (Lipinski definition) is 0. The molecule has 26 nitrogen and oxygen atoms in total. The van der Waals surface area contributed by atoms with Crippen molar-refractivity contribution in [3.63, 3.8) is 0 Å². The lowest BCUT2D eigenvalue weighted by molar-refractivity contribution is -0.198. The van der Waals surface area contributed by atoms with Gasteiger partial charge in [-0.05, 0) is 0 Å². The highest BCUT2D eigenvalue weighted by atomic mass is 33.1. The second-order valence-electron chi connectivity index (χ2n) is 15.0. The largest absolute Gasteiger partial charge is 0.378 e. The molecule has 74 heavy (non-hydrogen) atoms. The normalized spacial score (nSPS) is 13.8. The summed E-state index contributed by atoms with van der Waals surface area (Å²) in [6, 6.07) is 0. The van der Waals surface area contributed by atoms with Crippen LogP contribution in [0.15, 0.2) is 0 Å². The van der Waals surface area contributed by atoms with Crippen molar-refractivity contribution in [3.05, 3.63) is 0 Å². The fourth-order valence-corrected chi connectivity index (χ4v) is 7.23. The number of amides is 4. The van der Waals surface area contributed by atoms with Crippen LogP contribution in [-0.4, -0.2) is 269 Å². The van der Waals surface area contributed by atoms with E-state index in [9.17, 15) is 28.8 Å². The molecule has 0 aliphatic carbocycles. The zero-order chi connectivity index (χ0) is 53.0. The van der Waals surface area contributed by atoms with Crippen molar-refractivity contribution >= 4 is 57.2 Å². The van der Waals surface area contributed by atoms with Crippen LogP contribution in [0.1, 0.15) is 38.5 Å². The van der Waals surface area contributed by atoms with Crippen molar-refractivity contribution in [1.29, 1.82) is 0 Å². The third-order valence-electron chi connectivity index (χ3n) is 9.21. The number of hydroxylamine groups is 4. The second kappa shape index (κ2) is 51.1. The van der Waals surface area contributed by atoms with Gasteiger partial charge in [-0.25, -0.2) is 9.59 Å². The van der Waals surface area contributed by atoms with Gasteiger partial charge in [0.25, 0.3) is 23.6 Å². The molecule has 4 amide bonds. The summed E-state index contributed by atoms with van der Waals surface area (Å²) in [4.78, 5) is 78.6. The van der Waals surface area contributed by atoms with Crippen LogP contribution in [0.5, 0.6) is 0 Å². The van der Waals surface area contributed by atoms with Gasteiger partial charge in [0.05, 0.1) is 224 Å². The molecule has 0 atom stereocenters. The van der Waals surface area contributed by atoms with Crippen LogP contribution < -0.4 is 0 Å². The Kier molecular flexibility index (Phi) is 46.5. The Hall–Kier alpha value is -2.72. The summed E-state index contributed by atoms with van der Waals surface area (Å²) in [5.74, 6) is -1.71. The maximum absolute atomic E-state index is 11.7. The maximum Gasteiger partial charge on any atom is 0.335 e. The van der Waals surface area contributed by atoms with Crippen LogP contribution in [-0.2, 0) is 114 Å². The smallest absolute Gasteiger partial charge is 0.335 e. The summed E-state index contributed by atoms with van der Waals surface area (Å²) in [5.41, 5.74) is 0. The molecule has 0 saturated carbocycles. The number of ether oxygens (including phenoxy) is 16. The summed E-state index contributed by atoms with van der Waals surface area (Å²) in [6.45, 7) is 13.7. The number of imide groups is 2. The van der Waals surface area contributed by atoms with Crippen molar-refractivity contribution in [2.75, 3.05) is 223 Å². The zero-order valence-corrected chi connectivity index (χ0v) is 44.4. The molecule has 2 heterocycles. The molecular weight excluding hydrogens is 1030 g/mol. The van der Waals surface area contributed by atoms with E-state index in [1.165, 1.54) is 0 Å². The van der Waals surface area contributed by atoms with E-state index in [1.54, 1.807) is 21.6 Å².